The molecule has 4 heteroatoms. The Morgan fingerprint density at radius 3 is 2.67 bits per heavy atom. The van der Waals surface area contributed by atoms with Crippen LogP contribution in [-0.4, -0.2) is 19.6 Å². The normalized spacial score (nSPS) is 11.2. The van der Waals surface area contributed by atoms with Crippen molar-refractivity contribution in [2.75, 3.05) is 19.6 Å². The van der Waals surface area contributed by atoms with Gasteiger partial charge in [-0.2, -0.15) is 0 Å². The third-order valence-electron chi connectivity index (χ3n) is 2.58. The molecule has 0 spiro atoms. The highest BCUT2D eigenvalue weighted by Gasteiger charge is 2.00. The number of hydrogen-bond donors (Lipinski definition) is 2. The van der Waals surface area contributed by atoms with Crippen molar-refractivity contribution in [3.8, 4) is 0 Å². The molecule has 0 aromatic heterocycles. The van der Waals surface area contributed by atoms with Crippen LogP contribution in [-0.2, 0) is 6.54 Å². The van der Waals surface area contributed by atoms with Crippen LogP contribution in [0.3, 0.4) is 0 Å². The van der Waals surface area contributed by atoms with Crippen molar-refractivity contribution < 1.29 is 0 Å². The van der Waals surface area contributed by atoms with Crippen LogP contribution in [0.5, 0.6) is 0 Å². The first-order valence-electron chi connectivity index (χ1n) is 6.45. The molecular weight excluding hydrogens is 359 g/mol. The van der Waals surface area contributed by atoms with E-state index in [4.69, 9.17) is 11.6 Å². The largest absolute Gasteiger partial charge is 0.316 e. The van der Waals surface area contributed by atoms with Gasteiger partial charge < -0.3 is 10.6 Å². The van der Waals surface area contributed by atoms with Gasteiger partial charge >= 0.3 is 0 Å². The van der Waals surface area contributed by atoms with Gasteiger partial charge in [-0.1, -0.05) is 25.4 Å². The maximum Gasteiger partial charge on any atom is 0.0409 e. The molecule has 1 aromatic rings. The highest BCUT2D eigenvalue weighted by Crippen LogP contribution is 2.17. The summed E-state index contributed by atoms with van der Waals surface area (Å²) in [7, 11) is 0. The van der Waals surface area contributed by atoms with Gasteiger partial charge in [-0.25, -0.2) is 0 Å². The Bertz CT molecular complexity index is 356. The lowest BCUT2D eigenvalue weighted by molar-refractivity contribution is 0.530. The first-order chi connectivity index (χ1) is 8.59. The molecule has 2 N–H and O–H groups in total. The molecule has 0 amide bonds. The van der Waals surface area contributed by atoms with Gasteiger partial charge in [-0.15, -0.1) is 0 Å². The zero-order valence-electron chi connectivity index (χ0n) is 11.1. The maximum atomic E-state index is 5.99. The lowest BCUT2D eigenvalue weighted by Crippen LogP contribution is -2.24. The second-order valence-electron chi connectivity index (χ2n) is 4.86. The number of hydrogen-bond acceptors (Lipinski definition) is 2. The Hall–Kier alpha value is 0.160. The maximum absolute atomic E-state index is 5.99. The van der Waals surface area contributed by atoms with E-state index < -0.39 is 0 Å². The van der Waals surface area contributed by atoms with Crippen LogP contribution in [0.25, 0.3) is 0 Å². The van der Waals surface area contributed by atoms with E-state index in [-0.39, 0.29) is 0 Å². The van der Waals surface area contributed by atoms with Gasteiger partial charge in [0.1, 0.15) is 0 Å². The van der Waals surface area contributed by atoms with Gasteiger partial charge in [-0.3, -0.25) is 0 Å². The Balaban J connectivity index is 2.12. The van der Waals surface area contributed by atoms with Crippen LogP contribution in [0.2, 0.25) is 5.02 Å². The van der Waals surface area contributed by atoms with Gasteiger partial charge in [0.15, 0.2) is 0 Å². The predicted octanol–water partition coefficient (Wildman–Crippen LogP) is 3.67. The van der Waals surface area contributed by atoms with E-state index in [0.717, 1.165) is 43.5 Å². The van der Waals surface area contributed by atoms with Crippen LogP contribution in [0, 0.1) is 9.49 Å². The Morgan fingerprint density at radius 1 is 1.22 bits per heavy atom. The highest BCUT2D eigenvalue weighted by atomic mass is 127. The van der Waals surface area contributed by atoms with Crippen LogP contribution in [0.15, 0.2) is 18.2 Å². The summed E-state index contributed by atoms with van der Waals surface area (Å²) < 4.78 is 1.27. The van der Waals surface area contributed by atoms with E-state index in [0.29, 0.717) is 0 Å². The van der Waals surface area contributed by atoms with Crippen LogP contribution in [0.4, 0.5) is 0 Å². The molecule has 0 aliphatic carbocycles. The molecule has 102 valence electrons. The fraction of sp³-hybridized carbons (Fsp3) is 0.571. The van der Waals surface area contributed by atoms with Crippen molar-refractivity contribution in [1.82, 2.24) is 10.6 Å². The minimum absolute atomic E-state index is 0.728. The molecule has 0 saturated carbocycles. The van der Waals surface area contributed by atoms with E-state index in [1.807, 2.05) is 12.1 Å². The molecule has 0 atom stereocenters. The van der Waals surface area contributed by atoms with Gasteiger partial charge in [0.2, 0.25) is 0 Å². The van der Waals surface area contributed by atoms with Crippen LogP contribution < -0.4 is 10.6 Å². The molecule has 0 saturated heterocycles. The molecule has 0 unspecified atom stereocenters. The van der Waals surface area contributed by atoms with Crippen LogP contribution in [0.1, 0.15) is 25.8 Å². The molecule has 0 aliphatic rings. The summed E-state index contributed by atoms with van der Waals surface area (Å²) in [5.74, 6) is 0.728. The molecule has 1 rings (SSSR count). The van der Waals surface area contributed by atoms with Crippen molar-refractivity contribution in [3.05, 3.63) is 32.4 Å². The second-order valence-corrected chi connectivity index (χ2v) is 6.46. The van der Waals surface area contributed by atoms with E-state index >= 15 is 0 Å². The highest BCUT2D eigenvalue weighted by molar-refractivity contribution is 14.1. The Kier molecular flexibility index (Phi) is 8.22. The zero-order chi connectivity index (χ0) is 13.4. The first-order valence-corrected chi connectivity index (χ1v) is 7.90. The lowest BCUT2D eigenvalue weighted by Gasteiger charge is -2.09. The second kappa shape index (κ2) is 9.13. The predicted molar refractivity (Wildman–Crippen MR) is 88.2 cm³/mol. The van der Waals surface area contributed by atoms with E-state index in [1.54, 1.807) is 0 Å². The van der Waals surface area contributed by atoms with Crippen LogP contribution >= 0.6 is 34.2 Å². The van der Waals surface area contributed by atoms with Gasteiger partial charge in [-0.05, 0) is 78.3 Å². The summed E-state index contributed by atoms with van der Waals surface area (Å²) in [5, 5.41) is 7.71. The molecule has 18 heavy (non-hydrogen) atoms. The topological polar surface area (TPSA) is 24.1 Å². The zero-order valence-corrected chi connectivity index (χ0v) is 14.0. The number of rotatable bonds is 8. The quantitative estimate of drug-likeness (QED) is 0.531. The minimum atomic E-state index is 0.728. The van der Waals surface area contributed by atoms with Gasteiger partial charge in [0, 0.05) is 15.1 Å². The molecular formula is C14H22ClIN2. The summed E-state index contributed by atoms with van der Waals surface area (Å²) in [6, 6.07) is 6.03. The molecule has 0 fully saturated rings. The summed E-state index contributed by atoms with van der Waals surface area (Å²) in [6.45, 7) is 8.57. The minimum Gasteiger partial charge on any atom is -0.316 e. The Morgan fingerprint density at radius 2 is 1.94 bits per heavy atom. The number of halogens is 2. The molecule has 0 heterocycles. The van der Waals surface area contributed by atoms with Gasteiger partial charge in [0.05, 0.1) is 0 Å². The average Bonchev–Trinajstić information content (AvgIpc) is 2.32. The molecule has 0 bridgehead atoms. The monoisotopic (exact) mass is 380 g/mol. The molecule has 0 radical (unpaired) electrons. The third-order valence-corrected chi connectivity index (χ3v) is 3.87. The third kappa shape index (κ3) is 6.92. The molecule has 2 nitrogen and oxygen atoms in total. The number of benzene rings is 1. The van der Waals surface area contributed by atoms with E-state index in [2.05, 4.69) is 53.1 Å². The first kappa shape index (κ1) is 16.2. The summed E-state index contributed by atoms with van der Waals surface area (Å²) in [6.07, 6.45) is 1.16. The molecule has 1 aromatic carbocycles. The SMILES string of the molecule is CC(C)CNCCCNCc1cc(Cl)ccc1I. The Labute approximate surface area is 129 Å². The standard InChI is InChI=1S/C14H22ClIN2/c1-11(2)9-17-6-3-7-18-10-12-8-13(15)4-5-14(12)16/h4-5,8,11,17-18H,3,6-7,9-10H2,1-2H3. The molecule has 0 aliphatic heterocycles. The fourth-order valence-electron chi connectivity index (χ4n) is 1.63. The summed E-state index contributed by atoms with van der Waals surface area (Å²) >= 11 is 8.33. The fourth-order valence-corrected chi connectivity index (χ4v) is 2.35. The summed E-state index contributed by atoms with van der Waals surface area (Å²) in [4.78, 5) is 0. The lowest BCUT2D eigenvalue weighted by atomic mass is 10.2. The van der Waals surface area contributed by atoms with Crippen molar-refractivity contribution in [1.29, 1.82) is 0 Å². The smallest absolute Gasteiger partial charge is 0.0409 e. The van der Waals surface area contributed by atoms with Gasteiger partial charge in [0.25, 0.3) is 0 Å². The number of nitrogens with one attached hydrogen (secondary N) is 2. The van der Waals surface area contributed by atoms with Crippen molar-refractivity contribution >= 4 is 34.2 Å². The van der Waals surface area contributed by atoms with Crippen molar-refractivity contribution in [3.63, 3.8) is 0 Å². The van der Waals surface area contributed by atoms with Crippen molar-refractivity contribution in [2.45, 2.75) is 26.8 Å². The average molecular weight is 381 g/mol. The van der Waals surface area contributed by atoms with Crippen molar-refractivity contribution in [2.24, 2.45) is 5.92 Å². The summed E-state index contributed by atoms with van der Waals surface area (Å²) in [5.41, 5.74) is 1.28. The van der Waals surface area contributed by atoms with E-state index in [9.17, 15) is 0 Å². The van der Waals surface area contributed by atoms with E-state index in [1.165, 1.54) is 9.13 Å².